The standard InChI is InChI=1S/C23H39N3O2/c1-6-27-21(17(2)3)13-14-25-23(24-5)26-16-20-8-7-15-28-22(20)19-11-9-18(4)10-12-19/h9-12,17,20-22H,6-8,13-16H2,1-5H3,(H2,24,25,26). The highest BCUT2D eigenvalue weighted by Gasteiger charge is 2.27. The molecule has 1 aromatic carbocycles. The van der Waals surface area contributed by atoms with Gasteiger partial charge in [-0.3, -0.25) is 4.99 Å². The van der Waals surface area contributed by atoms with Crippen LogP contribution in [-0.2, 0) is 9.47 Å². The number of aliphatic imine (C=N–C) groups is 1. The van der Waals surface area contributed by atoms with Gasteiger partial charge in [-0.15, -0.1) is 0 Å². The van der Waals surface area contributed by atoms with Gasteiger partial charge in [0.1, 0.15) is 0 Å². The SMILES string of the molecule is CCOC(CCNC(=NC)NCC1CCCOC1c1ccc(C)cc1)C(C)C. The maximum Gasteiger partial charge on any atom is 0.190 e. The van der Waals surface area contributed by atoms with Crippen LogP contribution in [0.25, 0.3) is 0 Å². The van der Waals surface area contributed by atoms with Gasteiger partial charge in [0.2, 0.25) is 0 Å². The van der Waals surface area contributed by atoms with E-state index in [1.807, 2.05) is 7.05 Å². The fraction of sp³-hybridized carbons (Fsp3) is 0.696. The molecular weight excluding hydrogens is 350 g/mol. The Morgan fingerprint density at radius 2 is 2.00 bits per heavy atom. The average molecular weight is 390 g/mol. The number of guanidine groups is 1. The fourth-order valence-electron chi connectivity index (χ4n) is 3.78. The first-order chi connectivity index (χ1) is 13.5. The van der Waals surface area contributed by atoms with Crippen LogP contribution < -0.4 is 10.6 Å². The molecule has 1 aromatic rings. The number of hydrogen-bond acceptors (Lipinski definition) is 3. The molecule has 0 aromatic heterocycles. The second kappa shape index (κ2) is 12.1. The van der Waals surface area contributed by atoms with Gasteiger partial charge in [-0.25, -0.2) is 0 Å². The highest BCUT2D eigenvalue weighted by molar-refractivity contribution is 5.79. The van der Waals surface area contributed by atoms with E-state index < -0.39 is 0 Å². The van der Waals surface area contributed by atoms with Crippen molar-refractivity contribution in [3.05, 3.63) is 35.4 Å². The highest BCUT2D eigenvalue weighted by atomic mass is 16.5. The topological polar surface area (TPSA) is 54.9 Å². The zero-order chi connectivity index (χ0) is 20.4. The van der Waals surface area contributed by atoms with Crippen LogP contribution in [0.2, 0.25) is 0 Å². The summed E-state index contributed by atoms with van der Waals surface area (Å²) in [5.74, 6) is 1.82. The first kappa shape index (κ1) is 22.7. The number of rotatable bonds is 9. The summed E-state index contributed by atoms with van der Waals surface area (Å²) < 4.78 is 12.0. The molecule has 5 heteroatoms. The molecule has 1 saturated heterocycles. The Bertz CT molecular complexity index is 586. The predicted octanol–water partition coefficient (Wildman–Crippen LogP) is 4.08. The normalized spacial score (nSPS) is 21.6. The summed E-state index contributed by atoms with van der Waals surface area (Å²) in [4.78, 5) is 4.38. The molecular formula is C23H39N3O2. The summed E-state index contributed by atoms with van der Waals surface area (Å²) in [6.45, 7) is 11.9. The largest absolute Gasteiger partial charge is 0.378 e. The van der Waals surface area contributed by atoms with Crippen LogP contribution in [0.3, 0.4) is 0 Å². The van der Waals surface area contributed by atoms with E-state index in [-0.39, 0.29) is 12.2 Å². The number of aryl methyl sites for hydroxylation is 1. The van der Waals surface area contributed by atoms with Gasteiger partial charge in [0.15, 0.2) is 5.96 Å². The lowest BCUT2D eigenvalue weighted by atomic mass is 9.89. The zero-order valence-electron chi connectivity index (χ0n) is 18.3. The number of nitrogens with zero attached hydrogens (tertiary/aromatic N) is 1. The maximum atomic E-state index is 6.13. The summed E-state index contributed by atoms with van der Waals surface area (Å²) in [5, 5.41) is 6.94. The summed E-state index contributed by atoms with van der Waals surface area (Å²) in [5.41, 5.74) is 2.56. The van der Waals surface area contributed by atoms with Crippen molar-refractivity contribution in [3.63, 3.8) is 0 Å². The van der Waals surface area contributed by atoms with Gasteiger partial charge in [-0.2, -0.15) is 0 Å². The van der Waals surface area contributed by atoms with Crippen molar-refractivity contribution in [2.24, 2.45) is 16.8 Å². The van der Waals surface area contributed by atoms with Gasteiger partial charge in [-0.1, -0.05) is 43.7 Å². The second-order valence-electron chi connectivity index (χ2n) is 8.01. The van der Waals surface area contributed by atoms with Crippen LogP contribution >= 0.6 is 0 Å². The quantitative estimate of drug-likeness (QED) is 0.494. The monoisotopic (exact) mass is 389 g/mol. The Hall–Kier alpha value is -1.59. The summed E-state index contributed by atoms with van der Waals surface area (Å²) in [7, 11) is 1.83. The molecule has 2 N–H and O–H groups in total. The summed E-state index contributed by atoms with van der Waals surface area (Å²) in [6.07, 6.45) is 3.70. The number of hydrogen-bond donors (Lipinski definition) is 2. The molecule has 0 spiro atoms. The average Bonchev–Trinajstić information content (AvgIpc) is 2.70. The lowest BCUT2D eigenvalue weighted by Crippen LogP contribution is -2.43. The molecule has 3 atom stereocenters. The Labute approximate surface area is 171 Å². The van der Waals surface area contributed by atoms with Gasteiger partial charge in [-0.05, 0) is 44.6 Å². The first-order valence-electron chi connectivity index (χ1n) is 10.8. The van der Waals surface area contributed by atoms with Gasteiger partial charge >= 0.3 is 0 Å². The molecule has 158 valence electrons. The van der Waals surface area contributed by atoms with Crippen molar-refractivity contribution < 1.29 is 9.47 Å². The minimum atomic E-state index is 0.156. The predicted molar refractivity (Wildman–Crippen MR) is 117 cm³/mol. The van der Waals surface area contributed by atoms with Crippen molar-refractivity contribution in [2.75, 3.05) is 33.4 Å². The van der Waals surface area contributed by atoms with E-state index in [2.05, 4.69) is 67.6 Å². The third kappa shape index (κ3) is 7.10. The number of nitrogens with one attached hydrogen (secondary N) is 2. The Kier molecular flexibility index (Phi) is 9.79. The van der Waals surface area contributed by atoms with Crippen LogP contribution in [0.5, 0.6) is 0 Å². The van der Waals surface area contributed by atoms with Gasteiger partial charge in [0.05, 0.1) is 12.2 Å². The lowest BCUT2D eigenvalue weighted by Gasteiger charge is -2.32. The molecule has 3 unspecified atom stereocenters. The molecule has 0 bridgehead atoms. The first-order valence-corrected chi connectivity index (χ1v) is 10.8. The van der Waals surface area contributed by atoms with E-state index >= 15 is 0 Å². The summed E-state index contributed by atoms with van der Waals surface area (Å²) >= 11 is 0. The molecule has 28 heavy (non-hydrogen) atoms. The van der Waals surface area contributed by atoms with Gasteiger partial charge in [0.25, 0.3) is 0 Å². The van der Waals surface area contributed by atoms with Crippen LogP contribution in [0, 0.1) is 18.8 Å². The van der Waals surface area contributed by atoms with E-state index in [1.165, 1.54) is 17.5 Å². The lowest BCUT2D eigenvalue weighted by molar-refractivity contribution is -0.0265. The van der Waals surface area contributed by atoms with E-state index in [4.69, 9.17) is 9.47 Å². The minimum absolute atomic E-state index is 0.156. The summed E-state index contributed by atoms with van der Waals surface area (Å²) in [6, 6.07) is 8.74. The number of ether oxygens (including phenoxy) is 2. The molecule has 0 radical (unpaired) electrons. The molecule has 0 amide bonds. The van der Waals surface area contributed by atoms with Crippen LogP contribution in [0.15, 0.2) is 29.3 Å². The molecule has 1 heterocycles. The van der Waals surface area contributed by atoms with Crippen LogP contribution in [0.1, 0.15) is 57.3 Å². The van der Waals surface area contributed by atoms with Crippen molar-refractivity contribution in [3.8, 4) is 0 Å². The fourth-order valence-corrected chi connectivity index (χ4v) is 3.78. The third-order valence-corrected chi connectivity index (χ3v) is 5.45. The Balaban J connectivity index is 1.84. The molecule has 1 aliphatic rings. The second-order valence-corrected chi connectivity index (χ2v) is 8.01. The van der Waals surface area contributed by atoms with E-state index in [1.54, 1.807) is 0 Å². The maximum absolute atomic E-state index is 6.13. The van der Waals surface area contributed by atoms with E-state index in [9.17, 15) is 0 Å². The van der Waals surface area contributed by atoms with Crippen LogP contribution in [-0.4, -0.2) is 45.4 Å². The minimum Gasteiger partial charge on any atom is -0.378 e. The van der Waals surface area contributed by atoms with Crippen LogP contribution in [0.4, 0.5) is 0 Å². The van der Waals surface area contributed by atoms with Gasteiger partial charge < -0.3 is 20.1 Å². The van der Waals surface area contributed by atoms with Crippen molar-refractivity contribution in [2.45, 2.75) is 59.2 Å². The molecule has 2 rings (SSSR count). The van der Waals surface area contributed by atoms with Crippen molar-refractivity contribution in [1.82, 2.24) is 10.6 Å². The smallest absolute Gasteiger partial charge is 0.190 e. The highest BCUT2D eigenvalue weighted by Crippen LogP contribution is 2.33. The van der Waals surface area contributed by atoms with E-state index in [0.717, 1.165) is 45.1 Å². The third-order valence-electron chi connectivity index (χ3n) is 5.45. The Morgan fingerprint density at radius 1 is 1.25 bits per heavy atom. The Morgan fingerprint density at radius 3 is 2.64 bits per heavy atom. The number of benzene rings is 1. The van der Waals surface area contributed by atoms with Gasteiger partial charge in [0, 0.05) is 39.3 Å². The zero-order valence-corrected chi connectivity index (χ0v) is 18.3. The molecule has 0 aliphatic carbocycles. The molecule has 0 saturated carbocycles. The molecule has 5 nitrogen and oxygen atoms in total. The molecule has 1 aliphatic heterocycles. The van der Waals surface area contributed by atoms with Crippen molar-refractivity contribution in [1.29, 1.82) is 0 Å². The van der Waals surface area contributed by atoms with Crippen molar-refractivity contribution >= 4 is 5.96 Å². The van der Waals surface area contributed by atoms with E-state index in [0.29, 0.717) is 11.8 Å². The molecule has 1 fully saturated rings.